The molecule has 2 heterocycles. The summed E-state index contributed by atoms with van der Waals surface area (Å²) in [5, 5.41) is 3.40. The molecule has 0 aromatic carbocycles. The van der Waals surface area contributed by atoms with Gasteiger partial charge in [-0.1, -0.05) is 0 Å². The van der Waals surface area contributed by atoms with Gasteiger partial charge in [0.05, 0.1) is 13.2 Å². The Kier molecular flexibility index (Phi) is 8.45. The zero-order chi connectivity index (χ0) is 13.5. The van der Waals surface area contributed by atoms with E-state index in [1.165, 1.54) is 12.8 Å². The lowest BCUT2D eigenvalue weighted by molar-refractivity contribution is -0.131. The fraction of sp³-hybridized carbons (Fsp3) is 0.929. The molecule has 0 bridgehead atoms. The second-order valence-electron chi connectivity index (χ2n) is 5.66. The minimum absolute atomic E-state index is 0. The van der Waals surface area contributed by atoms with Crippen molar-refractivity contribution in [2.24, 2.45) is 5.92 Å². The van der Waals surface area contributed by atoms with Gasteiger partial charge in [-0.15, -0.1) is 12.4 Å². The molecule has 2 saturated heterocycles. The molecule has 0 aromatic rings. The molecule has 0 aliphatic carbocycles. The molecule has 0 aromatic heterocycles. The summed E-state index contributed by atoms with van der Waals surface area (Å²) in [6, 6.07) is 0. The van der Waals surface area contributed by atoms with Gasteiger partial charge in [-0.25, -0.2) is 0 Å². The van der Waals surface area contributed by atoms with Gasteiger partial charge < -0.3 is 15.0 Å². The summed E-state index contributed by atoms with van der Waals surface area (Å²) in [4.78, 5) is 16.5. The Morgan fingerprint density at radius 2 is 2.05 bits per heavy atom. The summed E-state index contributed by atoms with van der Waals surface area (Å²) in [5.74, 6) is 1.03. The van der Waals surface area contributed by atoms with Crippen LogP contribution in [-0.2, 0) is 9.53 Å². The molecular weight excluding hydrogens is 278 g/mol. The Labute approximate surface area is 128 Å². The lowest BCUT2D eigenvalue weighted by Gasteiger charge is -2.28. The molecule has 118 valence electrons. The van der Waals surface area contributed by atoms with E-state index in [-0.39, 0.29) is 18.3 Å². The van der Waals surface area contributed by atoms with Crippen LogP contribution in [0.5, 0.6) is 0 Å². The van der Waals surface area contributed by atoms with E-state index in [1.807, 2.05) is 4.90 Å². The molecule has 2 rings (SSSR count). The van der Waals surface area contributed by atoms with Gasteiger partial charge in [0.15, 0.2) is 0 Å². The van der Waals surface area contributed by atoms with Gasteiger partial charge in [0.25, 0.3) is 0 Å². The minimum Gasteiger partial charge on any atom is -0.383 e. The zero-order valence-electron chi connectivity index (χ0n) is 12.5. The van der Waals surface area contributed by atoms with E-state index in [0.717, 1.165) is 51.6 Å². The Morgan fingerprint density at radius 3 is 2.75 bits per heavy atom. The summed E-state index contributed by atoms with van der Waals surface area (Å²) in [6.07, 6.45) is 3.58. The number of nitrogens with zero attached hydrogens (tertiary/aromatic N) is 2. The monoisotopic (exact) mass is 305 g/mol. The predicted molar refractivity (Wildman–Crippen MR) is 82.4 cm³/mol. The maximum atomic E-state index is 12.2. The summed E-state index contributed by atoms with van der Waals surface area (Å²) in [6.45, 7) is 7.25. The highest BCUT2D eigenvalue weighted by molar-refractivity contribution is 5.85. The molecule has 0 unspecified atom stereocenters. The molecule has 20 heavy (non-hydrogen) atoms. The molecule has 2 aliphatic rings. The van der Waals surface area contributed by atoms with Gasteiger partial charge in [0, 0.05) is 33.3 Å². The van der Waals surface area contributed by atoms with Crippen LogP contribution >= 0.6 is 12.4 Å². The first-order valence-corrected chi connectivity index (χ1v) is 7.49. The number of amides is 1. The standard InChI is InChI=1S/C14H27N3O2.ClH/c1-19-10-9-17-8-2-7-16(12-14(17)18)11-13-3-5-15-6-4-13;/h13,15H,2-12H2,1H3;1H. The van der Waals surface area contributed by atoms with E-state index in [9.17, 15) is 4.79 Å². The van der Waals surface area contributed by atoms with E-state index < -0.39 is 0 Å². The molecule has 0 spiro atoms. The van der Waals surface area contributed by atoms with Gasteiger partial charge in [0.1, 0.15) is 0 Å². The number of hydrogen-bond acceptors (Lipinski definition) is 4. The average molecular weight is 306 g/mol. The third kappa shape index (κ3) is 5.56. The quantitative estimate of drug-likeness (QED) is 0.807. The van der Waals surface area contributed by atoms with Crippen LogP contribution in [0.4, 0.5) is 0 Å². The topological polar surface area (TPSA) is 44.8 Å². The summed E-state index contributed by atoms with van der Waals surface area (Å²) in [7, 11) is 1.69. The minimum atomic E-state index is 0. The van der Waals surface area contributed by atoms with Crippen LogP contribution in [0.2, 0.25) is 0 Å². The number of piperidine rings is 1. The number of rotatable bonds is 5. The van der Waals surface area contributed by atoms with Crippen LogP contribution in [0.3, 0.4) is 0 Å². The van der Waals surface area contributed by atoms with Gasteiger partial charge in [0.2, 0.25) is 5.91 Å². The van der Waals surface area contributed by atoms with E-state index in [2.05, 4.69) is 10.2 Å². The number of ether oxygens (including phenoxy) is 1. The number of carbonyl (C=O) groups is 1. The van der Waals surface area contributed by atoms with Crippen LogP contribution in [0.15, 0.2) is 0 Å². The lowest BCUT2D eigenvalue weighted by atomic mass is 9.97. The maximum absolute atomic E-state index is 12.2. The van der Waals surface area contributed by atoms with Crippen molar-refractivity contribution >= 4 is 18.3 Å². The number of methoxy groups -OCH3 is 1. The van der Waals surface area contributed by atoms with Crippen molar-refractivity contribution in [1.82, 2.24) is 15.1 Å². The van der Waals surface area contributed by atoms with Crippen LogP contribution in [0.25, 0.3) is 0 Å². The summed E-state index contributed by atoms with van der Waals surface area (Å²) >= 11 is 0. The fourth-order valence-corrected chi connectivity index (χ4v) is 3.00. The van der Waals surface area contributed by atoms with Gasteiger partial charge in [-0.3, -0.25) is 9.69 Å². The van der Waals surface area contributed by atoms with Crippen LogP contribution < -0.4 is 5.32 Å². The van der Waals surface area contributed by atoms with E-state index in [4.69, 9.17) is 4.74 Å². The highest BCUT2D eigenvalue weighted by Gasteiger charge is 2.24. The summed E-state index contributed by atoms with van der Waals surface area (Å²) in [5.41, 5.74) is 0. The Morgan fingerprint density at radius 1 is 1.30 bits per heavy atom. The molecular formula is C14H28ClN3O2. The van der Waals surface area contributed by atoms with Crippen LogP contribution in [0, 0.1) is 5.92 Å². The normalized spacial score (nSPS) is 22.4. The van der Waals surface area contributed by atoms with Crippen molar-refractivity contribution in [2.45, 2.75) is 19.3 Å². The number of carbonyl (C=O) groups excluding carboxylic acids is 1. The van der Waals surface area contributed by atoms with Crippen LogP contribution in [0.1, 0.15) is 19.3 Å². The smallest absolute Gasteiger partial charge is 0.236 e. The lowest BCUT2D eigenvalue weighted by Crippen LogP contribution is -2.41. The number of halogens is 1. The highest BCUT2D eigenvalue weighted by atomic mass is 35.5. The first kappa shape index (κ1) is 17.7. The largest absolute Gasteiger partial charge is 0.383 e. The van der Waals surface area contributed by atoms with Crippen molar-refractivity contribution in [3.63, 3.8) is 0 Å². The molecule has 2 fully saturated rings. The first-order chi connectivity index (χ1) is 9.29. The van der Waals surface area contributed by atoms with Crippen molar-refractivity contribution in [2.75, 3.05) is 59.5 Å². The molecule has 0 atom stereocenters. The SMILES string of the molecule is COCCN1CCCN(CC2CCNCC2)CC1=O.Cl. The molecule has 6 heteroatoms. The third-order valence-corrected chi connectivity index (χ3v) is 4.15. The van der Waals surface area contributed by atoms with E-state index in [1.54, 1.807) is 7.11 Å². The molecule has 1 N–H and O–H groups in total. The van der Waals surface area contributed by atoms with Crippen molar-refractivity contribution in [3.05, 3.63) is 0 Å². The van der Waals surface area contributed by atoms with Gasteiger partial charge >= 0.3 is 0 Å². The first-order valence-electron chi connectivity index (χ1n) is 7.49. The zero-order valence-corrected chi connectivity index (χ0v) is 13.3. The van der Waals surface area contributed by atoms with Gasteiger partial charge in [-0.2, -0.15) is 0 Å². The molecule has 0 saturated carbocycles. The molecule has 1 amide bonds. The second kappa shape index (κ2) is 9.55. The highest BCUT2D eigenvalue weighted by Crippen LogP contribution is 2.15. The number of nitrogens with one attached hydrogen (secondary N) is 1. The molecule has 0 radical (unpaired) electrons. The number of hydrogen-bond donors (Lipinski definition) is 1. The molecule has 2 aliphatic heterocycles. The summed E-state index contributed by atoms with van der Waals surface area (Å²) < 4.78 is 5.07. The maximum Gasteiger partial charge on any atom is 0.236 e. The average Bonchev–Trinajstić information content (AvgIpc) is 2.59. The van der Waals surface area contributed by atoms with E-state index in [0.29, 0.717) is 13.2 Å². The predicted octanol–water partition coefficient (Wildman–Crippen LogP) is 0.589. The van der Waals surface area contributed by atoms with E-state index >= 15 is 0 Å². The Balaban J connectivity index is 0.00000200. The second-order valence-corrected chi connectivity index (χ2v) is 5.66. The Bertz CT molecular complexity index is 286. The van der Waals surface area contributed by atoms with Gasteiger partial charge in [-0.05, 0) is 38.3 Å². The van der Waals surface area contributed by atoms with Crippen molar-refractivity contribution in [1.29, 1.82) is 0 Å². The van der Waals surface area contributed by atoms with Crippen molar-refractivity contribution < 1.29 is 9.53 Å². The third-order valence-electron chi connectivity index (χ3n) is 4.15. The van der Waals surface area contributed by atoms with Crippen molar-refractivity contribution in [3.8, 4) is 0 Å². The Hall–Kier alpha value is -0.360. The molecule has 5 nitrogen and oxygen atoms in total. The fourth-order valence-electron chi connectivity index (χ4n) is 3.00. The van der Waals surface area contributed by atoms with Crippen LogP contribution in [-0.4, -0.2) is 75.2 Å².